The first kappa shape index (κ1) is 15.6. The number of rotatable bonds is 3. The van der Waals surface area contributed by atoms with Gasteiger partial charge in [-0.3, -0.25) is 9.36 Å². The number of fused-ring (bicyclic) bond motifs is 1. The number of carbonyl (C=O) groups excluding carboxylic acids is 1. The number of hydrogen-bond donors (Lipinski definition) is 2. The van der Waals surface area contributed by atoms with Crippen molar-refractivity contribution in [1.82, 2.24) is 9.55 Å². The van der Waals surface area contributed by atoms with E-state index in [1.165, 1.54) is 28.8 Å². The van der Waals surface area contributed by atoms with Crippen LogP contribution < -0.4 is 11.0 Å². The first-order valence-corrected chi connectivity index (χ1v) is 7.32. The molecule has 3 rings (SSSR count). The van der Waals surface area contributed by atoms with Crippen molar-refractivity contribution in [2.45, 2.75) is 6.54 Å². The monoisotopic (exact) mass is 353 g/mol. The molecule has 0 spiro atoms. The van der Waals surface area contributed by atoms with Crippen LogP contribution >= 0.6 is 23.2 Å². The number of aromatic amines is 1. The maximum Gasteiger partial charge on any atom is 0.326 e. The average Bonchev–Trinajstić information content (AvgIpc) is 2.78. The Morgan fingerprint density at radius 1 is 1.22 bits per heavy atom. The van der Waals surface area contributed by atoms with Gasteiger partial charge in [-0.15, -0.1) is 0 Å². The molecule has 0 aliphatic rings. The summed E-state index contributed by atoms with van der Waals surface area (Å²) in [5.41, 5.74) is 0.605. The molecule has 0 fully saturated rings. The predicted octanol–water partition coefficient (Wildman–Crippen LogP) is 3.41. The third-order valence-electron chi connectivity index (χ3n) is 3.24. The minimum atomic E-state index is -0.502. The van der Waals surface area contributed by atoms with E-state index in [9.17, 15) is 14.0 Å². The van der Waals surface area contributed by atoms with Crippen molar-refractivity contribution in [3.8, 4) is 0 Å². The first-order valence-electron chi connectivity index (χ1n) is 6.57. The Morgan fingerprint density at radius 2 is 2.00 bits per heavy atom. The molecule has 1 amide bonds. The minimum Gasteiger partial charge on any atom is -0.323 e. The van der Waals surface area contributed by atoms with E-state index in [1.807, 2.05) is 0 Å². The Bertz CT molecular complexity index is 965. The normalized spacial score (nSPS) is 10.9. The second-order valence-electron chi connectivity index (χ2n) is 4.85. The lowest BCUT2D eigenvalue weighted by Gasteiger charge is -2.08. The van der Waals surface area contributed by atoms with Gasteiger partial charge in [0.25, 0.3) is 0 Å². The molecule has 0 saturated carbocycles. The van der Waals surface area contributed by atoms with Gasteiger partial charge in [0.05, 0.1) is 21.7 Å². The molecular formula is C15H10Cl2FN3O2. The summed E-state index contributed by atoms with van der Waals surface area (Å²) >= 11 is 11.8. The van der Waals surface area contributed by atoms with Crippen LogP contribution in [-0.4, -0.2) is 15.5 Å². The number of benzene rings is 2. The van der Waals surface area contributed by atoms with Crippen LogP contribution in [0.3, 0.4) is 0 Å². The third-order valence-corrected chi connectivity index (χ3v) is 3.81. The lowest BCUT2D eigenvalue weighted by molar-refractivity contribution is -0.116. The zero-order valence-electron chi connectivity index (χ0n) is 11.6. The van der Waals surface area contributed by atoms with E-state index < -0.39 is 17.4 Å². The molecule has 5 nitrogen and oxygen atoms in total. The van der Waals surface area contributed by atoms with Gasteiger partial charge in [0.2, 0.25) is 5.91 Å². The summed E-state index contributed by atoms with van der Waals surface area (Å²) in [4.78, 5) is 26.6. The highest BCUT2D eigenvalue weighted by Gasteiger charge is 2.12. The smallest absolute Gasteiger partial charge is 0.323 e. The van der Waals surface area contributed by atoms with E-state index in [-0.39, 0.29) is 6.54 Å². The van der Waals surface area contributed by atoms with Gasteiger partial charge >= 0.3 is 5.69 Å². The van der Waals surface area contributed by atoms with Crippen molar-refractivity contribution in [1.29, 1.82) is 0 Å². The second kappa shape index (κ2) is 6.06. The molecule has 118 valence electrons. The van der Waals surface area contributed by atoms with Crippen molar-refractivity contribution >= 4 is 45.8 Å². The minimum absolute atomic E-state index is 0.243. The summed E-state index contributed by atoms with van der Waals surface area (Å²) in [6, 6.07) is 8.51. The number of nitrogens with zero attached hydrogens (tertiary/aromatic N) is 1. The highest BCUT2D eigenvalue weighted by atomic mass is 35.5. The van der Waals surface area contributed by atoms with Crippen LogP contribution in [0.2, 0.25) is 10.0 Å². The largest absolute Gasteiger partial charge is 0.326 e. The molecule has 0 aliphatic carbocycles. The van der Waals surface area contributed by atoms with Gasteiger partial charge in [0, 0.05) is 5.02 Å². The number of halogens is 3. The van der Waals surface area contributed by atoms with Crippen LogP contribution in [0.4, 0.5) is 10.1 Å². The standard InChI is InChI=1S/C15H10Cl2FN3O2/c16-8-1-3-10(17)11(5-8)19-14(22)7-21-13-4-2-9(18)6-12(13)20-15(21)23/h1-6H,7H2,(H,19,22)(H,20,23). The second-order valence-corrected chi connectivity index (χ2v) is 5.69. The maximum absolute atomic E-state index is 13.2. The zero-order valence-corrected chi connectivity index (χ0v) is 13.1. The van der Waals surface area contributed by atoms with Crippen LogP contribution in [0.5, 0.6) is 0 Å². The zero-order chi connectivity index (χ0) is 16.6. The molecule has 0 atom stereocenters. The molecule has 1 aromatic heterocycles. The fraction of sp³-hybridized carbons (Fsp3) is 0.0667. The summed E-state index contributed by atoms with van der Waals surface area (Å²) in [7, 11) is 0. The molecule has 2 N–H and O–H groups in total. The van der Waals surface area contributed by atoms with Crippen molar-refractivity contribution in [3.05, 3.63) is 62.7 Å². The number of imidazole rings is 1. The SMILES string of the molecule is O=C(Cn1c(=O)[nH]c2cc(F)ccc21)Nc1cc(Cl)ccc1Cl. The summed E-state index contributed by atoms with van der Waals surface area (Å²) < 4.78 is 14.4. The number of nitrogens with one attached hydrogen (secondary N) is 2. The molecule has 3 aromatic rings. The van der Waals surface area contributed by atoms with Gasteiger partial charge in [0.15, 0.2) is 0 Å². The molecule has 8 heteroatoms. The topological polar surface area (TPSA) is 66.9 Å². The summed E-state index contributed by atoms with van der Waals surface area (Å²) in [6.45, 7) is -0.243. The van der Waals surface area contributed by atoms with Gasteiger partial charge in [-0.1, -0.05) is 23.2 Å². The van der Waals surface area contributed by atoms with Crippen LogP contribution in [0.1, 0.15) is 0 Å². The van der Waals surface area contributed by atoms with E-state index in [1.54, 1.807) is 12.1 Å². The Kier molecular flexibility index (Phi) is 4.11. The molecule has 0 saturated heterocycles. The number of amides is 1. The summed E-state index contributed by atoms with van der Waals surface area (Å²) in [5.74, 6) is -0.928. The molecule has 0 bridgehead atoms. The van der Waals surface area contributed by atoms with Crippen LogP contribution in [0.25, 0.3) is 11.0 Å². The van der Waals surface area contributed by atoms with Gasteiger partial charge in [-0.2, -0.15) is 0 Å². The van der Waals surface area contributed by atoms with Crippen molar-refractivity contribution in [3.63, 3.8) is 0 Å². The number of anilines is 1. The van der Waals surface area contributed by atoms with E-state index in [2.05, 4.69) is 10.3 Å². The van der Waals surface area contributed by atoms with E-state index in [0.717, 1.165) is 0 Å². The highest BCUT2D eigenvalue weighted by Crippen LogP contribution is 2.25. The van der Waals surface area contributed by atoms with Crippen molar-refractivity contribution in [2.75, 3.05) is 5.32 Å². The first-order chi connectivity index (χ1) is 10.9. The fourth-order valence-electron chi connectivity index (χ4n) is 2.22. The van der Waals surface area contributed by atoms with Gasteiger partial charge in [-0.25, -0.2) is 9.18 Å². The van der Waals surface area contributed by atoms with E-state index >= 15 is 0 Å². The molecule has 2 aromatic carbocycles. The number of H-pyrrole nitrogens is 1. The van der Waals surface area contributed by atoms with Gasteiger partial charge in [-0.05, 0) is 36.4 Å². The third kappa shape index (κ3) is 3.23. The predicted molar refractivity (Wildman–Crippen MR) is 87.6 cm³/mol. The van der Waals surface area contributed by atoms with Gasteiger partial charge < -0.3 is 10.3 Å². The Hall–Kier alpha value is -2.31. The van der Waals surface area contributed by atoms with Gasteiger partial charge in [0.1, 0.15) is 12.4 Å². The molecule has 0 radical (unpaired) electrons. The average molecular weight is 354 g/mol. The number of hydrogen-bond acceptors (Lipinski definition) is 2. The van der Waals surface area contributed by atoms with E-state index in [0.29, 0.717) is 26.8 Å². The molecule has 1 heterocycles. The lowest BCUT2D eigenvalue weighted by Crippen LogP contribution is -2.25. The maximum atomic E-state index is 13.2. The van der Waals surface area contributed by atoms with Crippen LogP contribution in [0, 0.1) is 5.82 Å². The summed E-state index contributed by atoms with van der Waals surface area (Å²) in [6.07, 6.45) is 0. The van der Waals surface area contributed by atoms with Crippen LogP contribution in [-0.2, 0) is 11.3 Å². The van der Waals surface area contributed by atoms with Crippen molar-refractivity contribution < 1.29 is 9.18 Å². The lowest BCUT2D eigenvalue weighted by atomic mass is 10.3. The molecule has 0 aliphatic heterocycles. The molecule has 23 heavy (non-hydrogen) atoms. The fourth-order valence-corrected chi connectivity index (χ4v) is 2.56. The van der Waals surface area contributed by atoms with Crippen LogP contribution in [0.15, 0.2) is 41.2 Å². The highest BCUT2D eigenvalue weighted by molar-refractivity contribution is 6.35. The van der Waals surface area contributed by atoms with Crippen molar-refractivity contribution in [2.24, 2.45) is 0 Å². The quantitative estimate of drug-likeness (QED) is 0.757. The Labute approximate surface area is 139 Å². The Morgan fingerprint density at radius 3 is 2.78 bits per heavy atom. The van der Waals surface area contributed by atoms with E-state index in [4.69, 9.17) is 23.2 Å². The molecule has 0 unspecified atom stereocenters. The summed E-state index contributed by atoms with van der Waals surface area (Å²) in [5, 5.41) is 3.34. The number of carbonyl (C=O) groups is 1. The molecular weight excluding hydrogens is 344 g/mol. The number of aromatic nitrogens is 2. The Balaban J connectivity index is 1.87.